The fourth-order valence-electron chi connectivity index (χ4n) is 0.847. The van der Waals surface area contributed by atoms with Crippen molar-refractivity contribution in [1.29, 1.82) is 0 Å². The van der Waals surface area contributed by atoms with E-state index in [0.717, 1.165) is 5.69 Å². The Hall–Kier alpha value is -0.980. The molecule has 0 saturated carbocycles. The number of hydrogen-bond donors (Lipinski definition) is 0. The summed E-state index contributed by atoms with van der Waals surface area (Å²) >= 11 is 0. The molecule has 0 N–H and O–H groups in total. The Morgan fingerprint density at radius 2 is 2.10 bits per heavy atom. The summed E-state index contributed by atoms with van der Waals surface area (Å²) in [5.41, 5.74) is 2.27. The summed E-state index contributed by atoms with van der Waals surface area (Å²) in [7, 11) is 7.34. The number of hydrogen-bond acceptors (Lipinski definition) is 1. The maximum atomic E-state index is 5.52. The first-order valence-corrected chi connectivity index (χ1v) is 3.25. The maximum Gasteiger partial charge on any atom is 0.0735 e. The van der Waals surface area contributed by atoms with Crippen LogP contribution in [0, 0.1) is 14.0 Å². The molecule has 0 aliphatic carbocycles. The highest BCUT2D eigenvalue weighted by Crippen LogP contribution is 2.12. The molecule has 10 heavy (non-hydrogen) atoms. The monoisotopic (exact) mass is 133 g/mol. The van der Waals surface area contributed by atoms with Gasteiger partial charge in [0.2, 0.25) is 0 Å². The van der Waals surface area contributed by atoms with Crippen LogP contribution >= 0.6 is 0 Å². The van der Waals surface area contributed by atoms with Crippen molar-refractivity contribution in [1.82, 2.24) is 0 Å². The Morgan fingerprint density at radius 1 is 1.40 bits per heavy atom. The first-order chi connectivity index (χ1) is 4.70. The van der Waals surface area contributed by atoms with Crippen molar-refractivity contribution in [3.63, 3.8) is 0 Å². The van der Waals surface area contributed by atoms with Gasteiger partial charge in [-0.2, -0.15) is 0 Å². The van der Waals surface area contributed by atoms with Gasteiger partial charge in [-0.05, 0) is 24.6 Å². The lowest BCUT2D eigenvalue weighted by molar-refractivity contribution is 1.20. The molecule has 1 nitrogen and oxygen atoms in total. The summed E-state index contributed by atoms with van der Waals surface area (Å²) in [6.45, 7) is 2.05. The second kappa shape index (κ2) is 2.74. The van der Waals surface area contributed by atoms with Crippen LogP contribution in [-0.4, -0.2) is 7.05 Å². The molecule has 1 aromatic rings. The third kappa shape index (κ3) is 1.50. The fraction of sp³-hybridized carbons (Fsp3) is 0.222. The SMILES string of the molecule is [CH]N(C)c1cccc(C)c1. The van der Waals surface area contributed by atoms with E-state index in [-0.39, 0.29) is 0 Å². The van der Waals surface area contributed by atoms with Crippen LogP contribution in [0.5, 0.6) is 0 Å². The van der Waals surface area contributed by atoms with Gasteiger partial charge < -0.3 is 4.90 Å². The molecule has 52 valence electrons. The van der Waals surface area contributed by atoms with E-state index in [0.29, 0.717) is 0 Å². The molecule has 0 atom stereocenters. The molecule has 0 unspecified atom stereocenters. The van der Waals surface area contributed by atoms with Gasteiger partial charge in [0.15, 0.2) is 0 Å². The zero-order chi connectivity index (χ0) is 7.56. The van der Waals surface area contributed by atoms with E-state index in [4.69, 9.17) is 7.05 Å². The van der Waals surface area contributed by atoms with Crippen LogP contribution in [0.1, 0.15) is 5.56 Å². The topological polar surface area (TPSA) is 3.24 Å². The first-order valence-electron chi connectivity index (χ1n) is 3.25. The summed E-state index contributed by atoms with van der Waals surface area (Å²) in [6, 6.07) is 8.06. The number of anilines is 1. The second-order valence-corrected chi connectivity index (χ2v) is 2.45. The van der Waals surface area contributed by atoms with Crippen LogP contribution in [0.4, 0.5) is 5.69 Å². The highest BCUT2D eigenvalue weighted by Gasteiger charge is 1.92. The van der Waals surface area contributed by atoms with Crippen molar-refractivity contribution < 1.29 is 0 Å². The van der Waals surface area contributed by atoms with E-state index in [2.05, 4.69) is 0 Å². The summed E-state index contributed by atoms with van der Waals surface area (Å²) in [5, 5.41) is 0. The molecule has 0 aromatic heterocycles. The van der Waals surface area contributed by atoms with Crippen LogP contribution < -0.4 is 4.90 Å². The normalized spacial score (nSPS) is 9.50. The lowest BCUT2D eigenvalue weighted by atomic mass is 10.2. The Labute approximate surface area is 62.3 Å². The molecule has 0 heterocycles. The minimum Gasteiger partial charge on any atom is -0.367 e. The summed E-state index contributed by atoms with van der Waals surface area (Å²) in [6.07, 6.45) is 0. The Bertz CT molecular complexity index is 216. The largest absolute Gasteiger partial charge is 0.367 e. The average Bonchev–Trinajstić information content (AvgIpc) is 1.88. The van der Waals surface area contributed by atoms with Gasteiger partial charge in [0.1, 0.15) is 0 Å². The zero-order valence-corrected chi connectivity index (χ0v) is 6.33. The lowest BCUT2D eigenvalue weighted by Crippen LogP contribution is -2.04. The minimum absolute atomic E-state index is 1.04. The van der Waals surface area contributed by atoms with Gasteiger partial charge in [-0.3, -0.25) is 0 Å². The summed E-state index contributed by atoms with van der Waals surface area (Å²) in [5.74, 6) is 0. The molecule has 1 heteroatoms. The highest BCUT2D eigenvalue weighted by molar-refractivity contribution is 5.47. The second-order valence-electron chi connectivity index (χ2n) is 2.45. The zero-order valence-electron chi connectivity index (χ0n) is 6.33. The average molecular weight is 133 g/mol. The van der Waals surface area contributed by atoms with E-state index in [9.17, 15) is 0 Å². The summed E-state index contributed by atoms with van der Waals surface area (Å²) in [4.78, 5) is 1.60. The molecule has 1 aromatic carbocycles. The smallest absolute Gasteiger partial charge is 0.0735 e. The Balaban J connectivity index is 2.96. The Kier molecular flexibility index (Phi) is 1.95. The van der Waals surface area contributed by atoms with Crippen LogP contribution in [0.2, 0.25) is 0 Å². The molecule has 0 bridgehead atoms. The van der Waals surface area contributed by atoms with Crippen LogP contribution in [-0.2, 0) is 0 Å². The van der Waals surface area contributed by atoms with Crippen LogP contribution in [0.3, 0.4) is 0 Å². The number of benzene rings is 1. The first kappa shape index (κ1) is 7.13. The van der Waals surface area contributed by atoms with Crippen molar-refractivity contribution in [2.24, 2.45) is 0 Å². The van der Waals surface area contributed by atoms with E-state index >= 15 is 0 Å². The number of nitrogens with zero attached hydrogens (tertiary/aromatic N) is 1. The molecule has 0 aliphatic rings. The lowest BCUT2D eigenvalue weighted by Gasteiger charge is -2.11. The van der Waals surface area contributed by atoms with Crippen molar-refractivity contribution in [3.8, 4) is 0 Å². The van der Waals surface area contributed by atoms with Crippen LogP contribution in [0.15, 0.2) is 24.3 Å². The third-order valence-electron chi connectivity index (χ3n) is 1.41. The van der Waals surface area contributed by atoms with Crippen molar-refractivity contribution in [3.05, 3.63) is 36.9 Å². The van der Waals surface area contributed by atoms with Crippen LogP contribution in [0.25, 0.3) is 0 Å². The van der Waals surface area contributed by atoms with E-state index in [1.807, 2.05) is 38.2 Å². The molecule has 1 rings (SSSR count). The van der Waals surface area contributed by atoms with Crippen molar-refractivity contribution >= 4 is 5.69 Å². The predicted molar refractivity (Wildman–Crippen MR) is 43.9 cm³/mol. The standard InChI is InChI=1S/C9H11N/c1-8-5-4-6-9(7-8)10(2)3/h2,4-7H,1,3H3. The molecule has 0 aliphatic heterocycles. The Morgan fingerprint density at radius 3 is 2.50 bits per heavy atom. The molecular formula is C9H11N. The molecule has 0 amide bonds. The highest BCUT2D eigenvalue weighted by atomic mass is 15.1. The predicted octanol–water partition coefficient (Wildman–Crippen LogP) is 2.10. The minimum atomic E-state index is 1.04. The van der Waals surface area contributed by atoms with E-state index < -0.39 is 0 Å². The van der Waals surface area contributed by atoms with E-state index in [1.165, 1.54) is 5.56 Å². The number of rotatable bonds is 1. The number of aryl methyl sites for hydroxylation is 1. The molecular weight excluding hydrogens is 122 g/mol. The van der Waals surface area contributed by atoms with Gasteiger partial charge in [-0.1, -0.05) is 12.1 Å². The quantitative estimate of drug-likeness (QED) is 0.530. The van der Waals surface area contributed by atoms with Crippen molar-refractivity contribution in [2.45, 2.75) is 6.92 Å². The van der Waals surface area contributed by atoms with E-state index in [1.54, 1.807) is 4.90 Å². The third-order valence-corrected chi connectivity index (χ3v) is 1.41. The van der Waals surface area contributed by atoms with Gasteiger partial charge in [0.05, 0.1) is 7.05 Å². The molecule has 0 spiro atoms. The maximum absolute atomic E-state index is 5.52. The van der Waals surface area contributed by atoms with Gasteiger partial charge in [0.25, 0.3) is 0 Å². The van der Waals surface area contributed by atoms with Gasteiger partial charge >= 0.3 is 0 Å². The fourth-order valence-corrected chi connectivity index (χ4v) is 0.847. The van der Waals surface area contributed by atoms with Gasteiger partial charge in [-0.15, -0.1) is 0 Å². The van der Waals surface area contributed by atoms with Crippen molar-refractivity contribution in [2.75, 3.05) is 11.9 Å². The van der Waals surface area contributed by atoms with Gasteiger partial charge in [-0.25, -0.2) is 0 Å². The summed E-state index contributed by atoms with van der Waals surface area (Å²) < 4.78 is 0. The molecule has 0 saturated heterocycles. The molecule has 2 radical (unpaired) electrons. The van der Waals surface area contributed by atoms with Gasteiger partial charge in [0, 0.05) is 12.7 Å². The molecule has 0 fully saturated rings.